The highest BCUT2D eigenvalue weighted by Crippen LogP contribution is 2.37. The summed E-state index contributed by atoms with van der Waals surface area (Å²) in [6.07, 6.45) is 4.06. The molecule has 0 bridgehead atoms. The Morgan fingerprint density at radius 1 is 1.10 bits per heavy atom. The lowest BCUT2D eigenvalue weighted by atomic mass is 9.79. The number of hydrogen-bond donors (Lipinski definition) is 1. The van der Waals surface area contributed by atoms with Crippen molar-refractivity contribution in [2.75, 3.05) is 0 Å². The van der Waals surface area contributed by atoms with Crippen LogP contribution < -0.4 is 5.73 Å². The van der Waals surface area contributed by atoms with Crippen molar-refractivity contribution in [3.63, 3.8) is 0 Å². The summed E-state index contributed by atoms with van der Waals surface area (Å²) in [5.74, 6) is 0.782. The fourth-order valence-corrected chi connectivity index (χ4v) is 3.66. The first kappa shape index (κ1) is 14.5. The van der Waals surface area contributed by atoms with Crippen LogP contribution in [-0.4, -0.2) is 0 Å². The molecule has 1 unspecified atom stereocenters. The standard InChI is InChI=1S/C17H17BrIN/c18-16-9-8-14(19)10-15(16)17(20)13-6-4-12(5-7-13)11-2-1-3-11/h4-11,17H,1-3,20H2. The van der Waals surface area contributed by atoms with Crippen molar-refractivity contribution >= 4 is 38.5 Å². The van der Waals surface area contributed by atoms with Gasteiger partial charge in [-0.15, -0.1) is 0 Å². The third-order valence-corrected chi connectivity index (χ3v) is 5.56. The monoisotopic (exact) mass is 441 g/mol. The van der Waals surface area contributed by atoms with Crippen LogP contribution >= 0.6 is 38.5 Å². The van der Waals surface area contributed by atoms with Gasteiger partial charge in [0.1, 0.15) is 0 Å². The maximum Gasteiger partial charge on any atom is 0.0563 e. The lowest BCUT2D eigenvalue weighted by Gasteiger charge is -2.26. The van der Waals surface area contributed by atoms with E-state index >= 15 is 0 Å². The molecule has 1 atom stereocenters. The Bertz CT molecular complexity index is 605. The minimum atomic E-state index is -0.0745. The van der Waals surface area contributed by atoms with E-state index in [1.807, 2.05) is 0 Å². The molecular formula is C17H17BrIN. The van der Waals surface area contributed by atoms with Gasteiger partial charge in [0, 0.05) is 8.04 Å². The molecule has 0 amide bonds. The molecule has 20 heavy (non-hydrogen) atoms. The second-order valence-corrected chi connectivity index (χ2v) is 7.54. The highest BCUT2D eigenvalue weighted by molar-refractivity contribution is 14.1. The Hall–Kier alpha value is -0.390. The van der Waals surface area contributed by atoms with E-state index in [4.69, 9.17) is 5.73 Å². The summed E-state index contributed by atoms with van der Waals surface area (Å²) >= 11 is 5.93. The highest BCUT2D eigenvalue weighted by Gasteiger charge is 2.20. The van der Waals surface area contributed by atoms with Crippen molar-refractivity contribution in [2.24, 2.45) is 5.73 Å². The fourth-order valence-electron chi connectivity index (χ4n) is 2.65. The Kier molecular flexibility index (Phi) is 4.48. The van der Waals surface area contributed by atoms with Crippen molar-refractivity contribution < 1.29 is 0 Å². The largest absolute Gasteiger partial charge is 0.320 e. The first-order valence-corrected chi connectivity index (χ1v) is 8.82. The normalized spacial score (nSPS) is 16.8. The minimum Gasteiger partial charge on any atom is -0.320 e. The van der Waals surface area contributed by atoms with Crippen LogP contribution in [0.1, 0.15) is 47.9 Å². The number of hydrogen-bond acceptors (Lipinski definition) is 1. The molecule has 0 heterocycles. The quantitative estimate of drug-likeness (QED) is 0.636. The molecule has 2 aromatic rings. The maximum atomic E-state index is 6.43. The van der Waals surface area contributed by atoms with Crippen molar-refractivity contribution in [3.05, 3.63) is 67.2 Å². The molecular weight excluding hydrogens is 425 g/mol. The number of rotatable bonds is 3. The number of benzene rings is 2. The zero-order valence-corrected chi connectivity index (χ0v) is 14.9. The molecule has 1 saturated carbocycles. The average molecular weight is 442 g/mol. The van der Waals surface area contributed by atoms with Gasteiger partial charge in [-0.05, 0) is 76.2 Å². The molecule has 1 fully saturated rings. The van der Waals surface area contributed by atoms with Gasteiger partial charge in [-0.25, -0.2) is 0 Å². The molecule has 3 heteroatoms. The van der Waals surface area contributed by atoms with Crippen molar-refractivity contribution in [3.8, 4) is 0 Å². The van der Waals surface area contributed by atoms with Gasteiger partial charge in [0.2, 0.25) is 0 Å². The molecule has 1 aliphatic rings. The lowest BCUT2D eigenvalue weighted by molar-refractivity contribution is 0.419. The SMILES string of the molecule is NC(c1ccc(C2CCC2)cc1)c1cc(I)ccc1Br. The minimum absolute atomic E-state index is 0.0745. The van der Waals surface area contributed by atoms with Gasteiger partial charge >= 0.3 is 0 Å². The van der Waals surface area contributed by atoms with Crippen molar-refractivity contribution in [1.29, 1.82) is 0 Å². The Labute approximate surface area is 142 Å². The molecule has 0 aromatic heterocycles. The van der Waals surface area contributed by atoms with E-state index < -0.39 is 0 Å². The Balaban J connectivity index is 1.85. The van der Waals surface area contributed by atoms with Crippen LogP contribution in [0.25, 0.3) is 0 Å². The fraction of sp³-hybridized carbons (Fsp3) is 0.294. The zero-order valence-electron chi connectivity index (χ0n) is 11.2. The van der Waals surface area contributed by atoms with Gasteiger partial charge < -0.3 is 5.73 Å². The first-order valence-electron chi connectivity index (χ1n) is 6.95. The van der Waals surface area contributed by atoms with Gasteiger partial charge in [0.15, 0.2) is 0 Å². The van der Waals surface area contributed by atoms with E-state index in [-0.39, 0.29) is 6.04 Å². The van der Waals surface area contributed by atoms with Crippen LogP contribution in [-0.2, 0) is 0 Å². The molecule has 1 aliphatic carbocycles. The topological polar surface area (TPSA) is 26.0 Å². The third-order valence-electron chi connectivity index (χ3n) is 4.17. The molecule has 2 aromatic carbocycles. The summed E-state index contributed by atoms with van der Waals surface area (Å²) in [6, 6.07) is 15.1. The molecule has 0 saturated heterocycles. The molecule has 3 rings (SSSR count). The van der Waals surface area contributed by atoms with Crippen LogP contribution in [0.4, 0.5) is 0 Å². The van der Waals surface area contributed by atoms with E-state index in [2.05, 4.69) is 81.0 Å². The second kappa shape index (κ2) is 6.16. The Morgan fingerprint density at radius 2 is 1.80 bits per heavy atom. The number of halogens is 2. The lowest BCUT2D eigenvalue weighted by Crippen LogP contribution is -2.13. The van der Waals surface area contributed by atoms with Gasteiger partial charge in [-0.1, -0.05) is 46.6 Å². The molecule has 2 N–H and O–H groups in total. The second-order valence-electron chi connectivity index (χ2n) is 5.44. The molecule has 0 spiro atoms. The third kappa shape index (κ3) is 2.95. The predicted octanol–water partition coefficient (Wildman–Crippen LogP) is 5.37. The molecule has 0 radical (unpaired) electrons. The zero-order chi connectivity index (χ0) is 14.1. The Morgan fingerprint density at radius 3 is 2.40 bits per heavy atom. The van der Waals surface area contributed by atoms with Crippen LogP contribution in [0.15, 0.2) is 46.9 Å². The van der Waals surface area contributed by atoms with Gasteiger partial charge in [0.05, 0.1) is 6.04 Å². The van der Waals surface area contributed by atoms with Crippen molar-refractivity contribution in [2.45, 2.75) is 31.2 Å². The summed E-state index contributed by atoms with van der Waals surface area (Å²) < 4.78 is 2.29. The van der Waals surface area contributed by atoms with Gasteiger partial charge in [-0.2, -0.15) is 0 Å². The summed E-state index contributed by atoms with van der Waals surface area (Å²) in [5.41, 5.74) is 10.2. The van der Waals surface area contributed by atoms with Crippen LogP contribution in [0.5, 0.6) is 0 Å². The van der Waals surface area contributed by atoms with E-state index in [1.54, 1.807) is 0 Å². The van der Waals surface area contributed by atoms with Gasteiger partial charge in [0.25, 0.3) is 0 Å². The first-order chi connectivity index (χ1) is 9.65. The smallest absolute Gasteiger partial charge is 0.0563 e. The summed E-state index contributed by atoms with van der Waals surface area (Å²) in [7, 11) is 0. The average Bonchev–Trinajstić information content (AvgIpc) is 2.40. The summed E-state index contributed by atoms with van der Waals surface area (Å²) in [4.78, 5) is 0. The van der Waals surface area contributed by atoms with Gasteiger partial charge in [-0.3, -0.25) is 0 Å². The van der Waals surface area contributed by atoms with E-state index in [0.29, 0.717) is 0 Å². The molecule has 104 valence electrons. The van der Waals surface area contributed by atoms with E-state index in [0.717, 1.165) is 16.0 Å². The predicted molar refractivity (Wildman–Crippen MR) is 95.9 cm³/mol. The van der Waals surface area contributed by atoms with Crippen LogP contribution in [0.2, 0.25) is 0 Å². The molecule has 0 aliphatic heterocycles. The number of nitrogens with two attached hydrogens (primary N) is 1. The van der Waals surface area contributed by atoms with Crippen LogP contribution in [0.3, 0.4) is 0 Å². The maximum absolute atomic E-state index is 6.43. The molecule has 1 nitrogen and oxygen atoms in total. The van der Waals surface area contributed by atoms with Crippen molar-refractivity contribution in [1.82, 2.24) is 0 Å². The summed E-state index contributed by atoms with van der Waals surface area (Å²) in [5, 5.41) is 0. The van der Waals surface area contributed by atoms with E-state index in [9.17, 15) is 0 Å². The van der Waals surface area contributed by atoms with E-state index in [1.165, 1.54) is 34.0 Å². The highest BCUT2D eigenvalue weighted by atomic mass is 127. The van der Waals surface area contributed by atoms with Crippen LogP contribution in [0, 0.1) is 3.57 Å². The summed E-state index contributed by atoms with van der Waals surface area (Å²) in [6.45, 7) is 0.